The molecule has 1 aromatic heterocycles. The average molecular weight is 446 g/mol. The smallest absolute Gasteiger partial charge is 0.242 e. The molecule has 1 heterocycles. The highest BCUT2D eigenvalue weighted by molar-refractivity contribution is 8.00. The van der Waals surface area contributed by atoms with E-state index < -0.39 is 5.25 Å². The molecule has 0 saturated carbocycles. The van der Waals surface area contributed by atoms with E-state index in [1.165, 1.54) is 11.8 Å². The van der Waals surface area contributed by atoms with Gasteiger partial charge >= 0.3 is 0 Å². The van der Waals surface area contributed by atoms with Crippen molar-refractivity contribution in [2.45, 2.75) is 24.3 Å². The minimum atomic E-state index is -0.560. The van der Waals surface area contributed by atoms with E-state index in [1.54, 1.807) is 11.8 Å². The number of aromatic nitrogens is 4. The molecule has 0 fully saturated rings. The summed E-state index contributed by atoms with van der Waals surface area (Å²) in [5, 5.41) is 15.2. The molecule has 4 rings (SSSR count). The Kier molecular flexibility index (Phi) is 6.51. The van der Waals surface area contributed by atoms with Crippen molar-refractivity contribution in [1.29, 1.82) is 0 Å². The highest BCUT2D eigenvalue weighted by atomic mass is 32.2. The summed E-state index contributed by atoms with van der Waals surface area (Å²) >= 11 is 1.29. The van der Waals surface area contributed by atoms with E-state index in [2.05, 4.69) is 20.8 Å². The molecule has 0 aliphatic rings. The van der Waals surface area contributed by atoms with Crippen LogP contribution in [0.15, 0.2) is 78.0 Å². The number of methoxy groups -OCH3 is 1. The number of nitrogens with one attached hydrogen (secondary N) is 1. The minimum absolute atomic E-state index is 0.149. The number of ether oxygens (including phenoxy) is 1. The van der Waals surface area contributed by atoms with Crippen LogP contribution in [0.2, 0.25) is 0 Å². The van der Waals surface area contributed by atoms with Crippen molar-refractivity contribution in [2.75, 3.05) is 12.4 Å². The first-order valence-corrected chi connectivity index (χ1v) is 11.0. The number of nitrogens with zero attached hydrogens (tertiary/aromatic N) is 4. The van der Waals surface area contributed by atoms with E-state index in [0.717, 1.165) is 22.4 Å². The fraction of sp³-hybridized carbons (Fsp3) is 0.167. The van der Waals surface area contributed by atoms with E-state index >= 15 is 0 Å². The number of tetrazole rings is 1. The number of hydrogen-bond donors (Lipinski definition) is 1. The van der Waals surface area contributed by atoms with Gasteiger partial charge in [0.25, 0.3) is 0 Å². The van der Waals surface area contributed by atoms with Crippen LogP contribution < -0.4 is 10.1 Å². The number of hydrogen-bond acceptors (Lipinski definition) is 6. The molecule has 32 heavy (non-hydrogen) atoms. The summed E-state index contributed by atoms with van der Waals surface area (Å²) < 4.78 is 7.05. The Labute approximate surface area is 190 Å². The van der Waals surface area contributed by atoms with Gasteiger partial charge in [-0.3, -0.25) is 4.79 Å². The number of rotatable bonds is 7. The number of carbonyl (C=O) groups is 1. The van der Waals surface area contributed by atoms with Crippen LogP contribution in [0.5, 0.6) is 5.75 Å². The lowest BCUT2D eigenvalue weighted by atomic mass is 10.1. The number of carbonyl (C=O) groups excluding carboxylic acids is 1. The van der Waals surface area contributed by atoms with Gasteiger partial charge in [-0.25, -0.2) is 0 Å². The van der Waals surface area contributed by atoms with Gasteiger partial charge < -0.3 is 10.1 Å². The molecular formula is C24H23N5O2S. The molecule has 0 radical (unpaired) electrons. The molecule has 1 amide bonds. The second kappa shape index (κ2) is 9.65. The predicted molar refractivity (Wildman–Crippen MR) is 125 cm³/mol. The molecule has 1 unspecified atom stereocenters. The van der Waals surface area contributed by atoms with Crippen molar-refractivity contribution in [2.24, 2.45) is 0 Å². The van der Waals surface area contributed by atoms with E-state index in [4.69, 9.17) is 4.74 Å². The van der Waals surface area contributed by atoms with Gasteiger partial charge in [0.1, 0.15) is 16.7 Å². The first kappa shape index (κ1) is 21.6. The Balaban J connectivity index is 1.68. The topological polar surface area (TPSA) is 81.9 Å². The quantitative estimate of drug-likeness (QED) is 0.413. The number of benzene rings is 3. The zero-order valence-corrected chi connectivity index (χ0v) is 18.8. The highest BCUT2D eigenvalue weighted by Crippen LogP contribution is 2.37. The zero-order valence-electron chi connectivity index (χ0n) is 18.0. The highest BCUT2D eigenvalue weighted by Gasteiger charge is 2.26. The summed E-state index contributed by atoms with van der Waals surface area (Å²) in [6, 6.07) is 23.1. The van der Waals surface area contributed by atoms with Crippen LogP contribution in [0.4, 0.5) is 5.69 Å². The molecule has 7 nitrogen and oxygen atoms in total. The fourth-order valence-electron chi connectivity index (χ4n) is 3.28. The SMILES string of the molecule is COc1ccccc1-n1nnnc1SC(C(=O)Nc1cc(C)ccc1C)c1ccccc1. The molecule has 1 atom stereocenters. The molecular weight excluding hydrogens is 422 g/mol. The molecule has 1 N–H and O–H groups in total. The van der Waals surface area contributed by atoms with E-state index in [-0.39, 0.29) is 5.91 Å². The van der Waals surface area contributed by atoms with Crippen LogP contribution >= 0.6 is 11.8 Å². The zero-order chi connectivity index (χ0) is 22.5. The fourth-order valence-corrected chi connectivity index (χ4v) is 4.27. The maximum absolute atomic E-state index is 13.4. The Bertz CT molecular complexity index is 1230. The van der Waals surface area contributed by atoms with Crippen LogP contribution in [0, 0.1) is 13.8 Å². The first-order chi connectivity index (χ1) is 15.6. The molecule has 0 spiro atoms. The van der Waals surface area contributed by atoms with Crippen LogP contribution in [-0.4, -0.2) is 33.2 Å². The number of para-hydroxylation sites is 2. The lowest BCUT2D eigenvalue weighted by molar-refractivity contribution is -0.115. The Morgan fingerprint density at radius 2 is 1.78 bits per heavy atom. The van der Waals surface area contributed by atoms with Crippen molar-refractivity contribution in [3.05, 3.63) is 89.5 Å². The standard InChI is InChI=1S/C24H23N5O2S/c1-16-13-14-17(2)19(15-16)25-23(30)22(18-9-5-4-6-10-18)32-24-26-27-28-29(24)20-11-7-8-12-21(20)31-3/h4-15,22H,1-3H3,(H,25,30). The van der Waals surface area contributed by atoms with Gasteiger partial charge in [0.15, 0.2) is 0 Å². The Morgan fingerprint density at radius 3 is 2.56 bits per heavy atom. The normalized spacial score (nSPS) is 11.7. The molecule has 0 saturated heterocycles. The van der Waals surface area contributed by atoms with Crippen molar-refractivity contribution in [1.82, 2.24) is 20.2 Å². The third kappa shape index (κ3) is 4.65. The van der Waals surface area contributed by atoms with Gasteiger partial charge in [-0.15, -0.1) is 5.10 Å². The second-order valence-corrected chi connectivity index (χ2v) is 8.33. The van der Waals surface area contributed by atoms with Crippen molar-refractivity contribution in [3.63, 3.8) is 0 Å². The van der Waals surface area contributed by atoms with Crippen molar-refractivity contribution < 1.29 is 9.53 Å². The van der Waals surface area contributed by atoms with Gasteiger partial charge in [-0.2, -0.15) is 4.68 Å². The summed E-state index contributed by atoms with van der Waals surface area (Å²) in [7, 11) is 1.60. The number of amides is 1. The van der Waals surface area contributed by atoms with E-state index in [1.807, 2.05) is 86.6 Å². The predicted octanol–water partition coefficient (Wildman–Crippen LogP) is 4.76. The third-order valence-electron chi connectivity index (χ3n) is 4.97. The molecule has 0 bridgehead atoms. The maximum atomic E-state index is 13.4. The number of thioether (sulfide) groups is 1. The van der Waals surface area contributed by atoms with Crippen LogP contribution in [0.1, 0.15) is 21.9 Å². The lowest BCUT2D eigenvalue weighted by Crippen LogP contribution is -2.20. The van der Waals surface area contributed by atoms with Crippen LogP contribution in [0.25, 0.3) is 5.69 Å². The average Bonchev–Trinajstić information content (AvgIpc) is 3.28. The van der Waals surface area contributed by atoms with Gasteiger partial charge in [0.05, 0.1) is 7.11 Å². The molecule has 3 aromatic carbocycles. The molecule has 0 aliphatic carbocycles. The monoisotopic (exact) mass is 445 g/mol. The second-order valence-electron chi connectivity index (χ2n) is 7.26. The number of anilines is 1. The van der Waals surface area contributed by atoms with Gasteiger partial charge in [-0.1, -0.05) is 66.4 Å². The summed E-state index contributed by atoms with van der Waals surface area (Å²) in [5.74, 6) is 0.488. The molecule has 4 aromatic rings. The Morgan fingerprint density at radius 1 is 1.03 bits per heavy atom. The Hall–Kier alpha value is -3.65. The van der Waals surface area contributed by atoms with Gasteiger partial charge in [0, 0.05) is 5.69 Å². The summed E-state index contributed by atoms with van der Waals surface area (Å²) in [6.07, 6.45) is 0. The summed E-state index contributed by atoms with van der Waals surface area (Å²) in [6.45, 7) is 3.97. The third-order valence-corrected chi connectivity index (χ3v) is 6.16. The minimum Gasteiger partial charge on any atom is -0.494 e. The van der Waals surface area contributed by atoms with Crippen LogP contribution in [-0.2, 0) is 4.79 Å². The summed E-state index contributed by atoms with van der Waals surface area (Å²) in [5.41, 5.74) is 4.43. The summed E-state index contributed by atoms with van der Waals surface area (Å²) in [4.78, 5) is 13.4. The number of aryl methyl sites for hydroxylation is 2. The van der Waals surface area contributed by atoms with Gasteiger partial charge in [0.2, 0.25) is 11.1 Å². The molecule has 8 heteroatoms. The van der Waals surface area contributed by atoms with Crippen LogP contribution in [0.3, 0.4) is 0 Å². The first-order valence-electron chi connectivity index (χ1n) is 10.1. The van der Waals surface area contributed by atoms with Crippen molar-refractivity contribution in [3.8, 4) is 11.4 Å². The molecule has 162 valence electrons. The lowest BCUT2D eigenvalue weighted by Gasteiger charge is -2.18. The van der Waals surface area contributed by atoms with E-state index in [0.29, 0.717) is 16.6 Å². The van der Waals surface area contributed by atoms with E-state index in [9.17, 15) is 4.79 Å². The van der Waals surface area contributed by atoms with Crippen molar-refractivity contribution >= 4 is 23.4 Å². The molecule has 0 aliphatic heterocycles. The van der Waals surface area contributed by atoms with Gasteiger partial charge in [-0.05, 0) is 59.2 Å². The maximum Gasteiger partial charge on any atom is 0.242 e. The largest absolute Gasteiger partial charge is 0.494 e.